The van der Waals surface area contributed by atoms with Gasteiger partial charge in [-0.2, -0.15) is 4.98 Å². The highest BCUT2D eigenvalue weighted by Gasteiger charge is 2.12. The first kappa shape index (κ1) is 12.4. The highest BCUT2D eigenvalue weighted by molar-refractivity contribution is 5.63. The van der Waals surface area contributed by atoms with Gasteiger partial charge in [0, 0.05) is 11.1 Å². The Hall–Kier alpha value is -2.62. The number of hydrogen-bond acceptors (Lipinski definition) is 4. The average Bonchev–Trinajstić information content (AvgIpc) is 2.88. The van der Waals surface area contributed by atoms with Gasteiger partial charge in [-0.1, -0.05) is 28.9 Å². The van der Waals surface area contributed by atoms with Gasteiger partial charge in [0.2, 0.25) is 5.82 Å². The van der Waals surface area contributed by atoms with Crippen molar-refractivity contribution in [1.82, 2.24) is 10.1 Å². The second-order valence-electron chi connectivity index (χ2n) is 4.79. The highest BCUT2D eigenvalue weighted by Crippen LogP contribution is 2.27. The Bertz CT molecular complexity index is 763. The van der Waals surface area contributed by atoms with Gasteiger partial charge in [0.05, 0.1) is 0 Å². The Morgan fingerprint density at radius 2 is 1.90 bits per heavy atom. The molecule has 0 unspecified atom stereocenters. The molecule has 4 heteroatoms. The molecule has 0 aliphatic heterocycles. The molecule has 0 radical (unpaired) electrons. The van der Waals surface area contributed by atoms with Gasteiger partial charge < -0.3 is 9.63 Å². The molecule has 20 heavy (non-hydrogen) atoms. The molecule has 0 saturated heterocycles. The van der Waals surface area contributed by atoms with E-state index in [-0.39, 0.29) is 5.75 Å². The van der Waals surface area contributed by atoms with E-state index in [0.29, 0.717) is 11.7 Å². The van der Waals surface area contributed by atoms with Crippen molar-refractivity contribution < 1.29 is 9.63 Å². The Labute approximate surface area is 116 Å². The molecule has 0 fully saturated rings. The van der Waals surface area contributed by atoms with Gasteiger partial charge in [-0.05, 0) is 43.7 Å². The summed E-state index contributed by atoms with van der Waals surface area (Å²) in [7, 11) is 0. The minimum absolute atomic E-state index is 0.227. The first-order chi connectivity index (χ1) is 9.63. The topological polar surface area (TPSA) is 59.2 Å². The fourth-order valence-electron chi connectivity index (χ4n) is 2.12. The molecule has 0 aliphatic rings. The summed E-state index contributed by atoms with van der Waals surface area (Å²) in [6, 6.07) is 13.0. The normalized spacial score (nSPS) is 10.7. The molecule has 0 amide bonds. The SMILES string of the molecule is Cc1cccc(-c2noc(-c3ccc(O)cc3C)n2)c1. The Morgan fingerprint density at radius 3 is 2.65 bits per heavy atom. The minimum atomic E-state index is 0.227. The molecule has 3 rings (SSSR count). The largest absolute Gasteiger partial charge is 0.508 e. The van der Waals surface area contributed by atoms with Crippen molar-refractivity contribution in [3.8, 4) is 28.6 Å². The van der Waals surface area contributed by atoms with E-state index >= 15 is 0 Å². The standard InChI is InChI=1S/C16H14N2O2/c1-10-4-3-5-12(8-10)15-17-16(20-18-15)14-7-6-13(19)9-11(14)2/h3-9,19H,1-2H3. The number of benzene rings is 2. The van der Waals surface area contributed by atoms with E-state index in [4.69, 9.17) is 4.52 Å². The first-order valence-electron chi connectivity index (χ1n) is 6.34. The predicted octanol–water partition coefficient (Wildman–Crippen LogP) is 3.73. The van der Waals surface area contributed by atoms with Crippen LogP contribution in [0.2, 0.25) is 0 Å². The van der Waals surface area contributed by atoms with Gasteiger partial charge in [-0.15, -0.1) is 0 Å². The van der Waals surface area contributed by atoms with Gasteiger partial charge in [0.1, 0.15) is 5.75 Å². The number of rotatable bonds is 2. The molecule has 0 spiro atoms. The maximum Gasteiger partial charge on any atom is 0.258 e. The van der Waals surface area contributed by atoms with Crippen molar-refractivity contribution >= 4 is 0 Å². The lowest BCUT2D eigenvalue weighted by molar-refractivity contribution is 0.432. The van der Waals surface area contributed by atoms with E-state index in [1.165, 1.54) is 0 Å². The van der Waals surface area contributed by atoms with E-state index in [1.807, 2.05) is 38.1 Å². The zero-order valence-electron chi connectivity index (χ0n) is 11.3. The maximum absolute atomic E-state index is 9.43. The van der Waals surface area contributed by atoms with E-state index in [0.717, 1.165) is 22.3 Å². The molecule has 2 aromatic carbocycles. The predicted molar refractivity (Wildman–Crippen MR) is 76.3 cm³/mol. The van der Waals surface area contributed by atoms with Gasteiger partial charge in [-0.25, -0.2) is 0 Å². The van der Waals surface area contributed by atoms with Crippen LogP contribution in [0.3, 0.4) is 0 Å². The third-order valence-electron chi connectivity index (χ3n) is 3.14. The van der Waals surface area contributed by atoms with Crippen LogP contribution < -0.4 is 0 Å². The molecule has 1 heterocycles. The molecular formula is C16H14N2O2. The average molecular weight is 266 g/mol. The smallest absolute Gasteiger partial charge is 0.258 e. The van der Waals surface area contributed by atoms with Crippen LogP contribution in [0.25, 0.3) is 22.8 Å². The molecule has 0 aliphatic carbocycles. The van der Waals surface area contributed by atoms with Crippen molar-refractivity contribution in [3.05, 3.63) is 53.6 Å². The zero-order valence-corrected chi connectivity index (χ0v) is 11.3. The van der Waals surface area contributed by atoms with Gasteiger partial charge >= 0.3 is 0 Å². The lowest BCUT2D eigenvalue weighted by Gasteiger charge is -2.00. The third-order valence-corrected chi connectivity index (χ3v) is 3.14. The van der Waals surface area contributed by atoms with Gasteiger partial charge in [0.15, 0.2) is 0 Å². The summed E-state index contributed by atoms with van der Waals surface area (Å²) in [5.41, 5.74) is 3.80. The highest BCUT2D eigenvalue weighted by atomic mass is 16.5. The summed E-state index contributed by atoms with van der Waals surface area (Å²) in [5.74, 6) is 1.25. The maximum atomic E-state index is 9.43. The van der Waals surface area contributed by atoms with Crippen molar-refractivity contribution in [2.24, 2.45) is 0 Å². The summed E-state index contributed by atoms with van der Waals surface area (Å²) in [5, 5.41) is 13.5. The third kappa shape index (κ3) is 2.28. The Balaban J connectivity index is 2.02. The van der Waals surface area contributed by atoms with E-state index in [1.54, 1.807) is 18.2 Å². The number of aromatic hydroxyl groups is 1. The lowest BCUT2D eigenvalue weighted by atomic mass is 10.1. The van der Waals surface area contributed by atoms with Crippen LogP contribution in [0, 0.1) is 13.8 Å². The summed E-state index contributed by atoms with van der Waals surface area (Å²) >= 11 is 0. The van der Waals surface area contributed by atoms with Crippen LogP contribution in [-0.2, 0) is 0 Å². The van der Waals surface area contributed by atoms with Crippen LogP contribution in [0.5, 0.6) is 5.75 Å². The number of nitrogens with zero attached hydrogens (tertiary/aromatic N) is 2. The van der Waals surface area contributed by atoms with Gasteiger partial charge in [0.25, 0.3) is 5.89 Å². The minimum Gasteiger partial charge on any atom is -0.508 e. The second kappa shape index (κ2) is 4.81. The van der Waals surface area contributed by atoms with E-state index < -0.39 is 0 Å². The monoisotopic (exact) mass is 266 g/mol. The molecule has 0 atom stereocenters. The summed E-state index contributed by atoms with van der Waals surface area (Å²) in [6.07, 6.45) is 0. The quantitative estimate of drug-likeness (QED) is 0.767. The lowest BCUT2D eigenvalue weighted by Crippen LogP contribution is -1.84. The summed E-state index contributed by atoms with van der Waals surface area (Å²) < 4.78 is 5.32. The number of phenolic OH excluding ortho intramolecular Hbond substituents is 1. The number of phenols is 1. The van der Waals surface area contributed by atoms with Crippen molar-refractivity contribution in [1.29, 1.82) is 0 Å². The molecule has 0 saturated carbocycles. The van der Waals surface area contributed by atoms with Crippen molar-refractivity contribution in [3.63, 3.8) is 0 Å². The first-order valence-corrected chi connectivity index (χ1v) is 6.34. The van der Waals surface area contributed by atoms with E-state index in [2.05, 4.69) is 10.1 Å². The van der Waals surface area contributed by atoms with Crippen LogP contribution in [0.1, 0.15) is 11.1 Å². The van der Waals surface area contributed by atoms with Crippen LogP contribution in [0.15, 0.2) is 47.0 Å². The second-order valence-corrected chi connectivity index (χ2v) is 4.79. The van der Waals surface area contributed by atoms with Crippen LogP contribution >= 0.6 is 0 Å². The Kier molecular flexibility index (Phi) is 2.99. The molecule has 1 N–H and O–H groups in total. The zero-order chi connectivity index (χ0) is 14.1. The summed E-state index contributed by atoms with van der Waals surface area (Å²) in [6.45, 7) is 3.92. The van der Waals surface area contributed by atoms with Gasteiger partial charge in [-0.3, -0.25) is 0 Å². The molecule has 0 bridgehead atoms. The Morgan fingerprint density at radius 1 is 1.05 bits per heavy atom. The van der Waals surface area contributed by atoms with Crippen LogP contribution in [-0.4, -0.2) is 15.2 Å². The number of aromatic nitrogens is 2. The number of aryl methyl sites for hydroxylation is 2. The molecule has 4 nitrogen and oxygen atoms in total. The molecule has 1 aromatic heterocycles. The van der Waals surface area contributed by atoms with Crippen molar-refractivity contribution in [2.45, 2.75) is 13.8 Å². The molecule has 100 valence electrons. The van der Waals surface area contributed by atoms with Crippen LogP contribution in [0.4, 0.5) is 0 Å². The van der Waals surface area contributed by atoms with E-state index in [9.17, 15) is 5.11 Å². The number of hydrogen-bond donors (Lipinski definition) is 1. The summed E-state index contributed by atoms with van der Waals surface area (Å²) in [4.78, 5) is 4.42. The van der Waals surface area contributed by atoms with Crippen molar-refractivity contribution in [2.75, 3.05) is 0 Å². The fraction of sp³-hybridized carbons (Fsp3) is 0.125. The molecule has 3 aromatic rings. The fourth-order valence-corrected chi connectivity index (χ4v) is 2.12. The molecular weight excluding hydrogens is 252 g/mol.